The molecule has 2 unspecified atom stereocenters. The molecule has 0 saturated carbocycles. The number of rotatable bonds is 1. The summed E-state index contributed by atoms with van der Waals surface area (Å²) in [6, 6.07) is 9.48. The zero-order valence-corrected chi connectivity index (χ0v) is 7.75. The third kappa shape index (κ3) is 0.971. The van der Waals surface area contributed by atoms with Crippen molar-refractivity contribution in [3.63, 3.8) is 0 Å². The molecular weight excluding hydrogens is 158 g/mol. The highest BCUT2D eigenvalue weighted by molar-refractivity contribution is 5.76. The summed E-state index contributed by atoms with van der Waals surface area (Å²) in [5.74, 6) is 0.807. The van der Waals surface area contributed by atoms with Crippen LogP contribution in [0.5, 0.6) is 0 Å². The SMILES string of the molecule is Cc1cccc(C2=CC3NCC23)c1. The lowest BCUT2D eigenvalue weighted by molar-refractivity contribution is 0.318. The second kappa shape index (κ2) is 2.46. The van der Waals surface area contributed by atoms with Gasteiger partial charge in [-0.15, -0.1) is 0 Å². The maximum absolute atomic E-state index is 3.38. The minimum Gasteiger partial charge on any atom is -0.309 e. The molecule has 1 heteroatoms. The van der Waals surface area contributed by atoms with Gasteiger partial charge < -0.3 is 5.32 Å². The van der Waals surface area contributed by atoms with Crippen LogP contribution in [0.25, 0.3) is 5.57 Å². The predicted octanol–water partition coefficient (Wildman–Crippen LogP) is 1.98. The third-order valence-corrected chi connectivity index (χ3v) is 3.12. The molecule has 13 heavy (non-hydrogen) atoms. The summed E-state index contributed by atoms with van der Waals surface area (Å²) in [7, 11) is 0. The first-order chi connectivity index (χ1) is 6.34. The summed E-state index contributed by atoms with van der Waals surface area (Å²) < 4.78 is 0. The first-order valence-electron chi connectivity index (χ1n) is 4.87. The minimum absolute atomic E-state index is 0.690. The van der Waals surface area contributed by atoms with Gasteiger partial charge in [0.25, 0.3) is 0 Å². The van der Waals surface area contributed by atoms with Crippen LogP contribution in [0.4, 0.5) is 0 Å². The molecule has 1 aliphatic heterocycles. The molecule has 1 aromatic rings. The average molecular weight is 171 g/mol. The number of hydrogen-bond acceptors (Lipinski definition) is 1. The van der Waals surface area contributed by atoms with Crippen molar-refractivity contribution in [2.45, 2.75) is 13.0 Å². The van der Waals surface area contributed by atoms with Crippen molar-refractivity contribution in [2.24, 2.45) is 5.92 Å². The molecule has 1 N–H and O–H groups in total. The Bertz CT molecular complexity index is 378. The molecule has 3 rings (SSSR count). The Labute approximate surface area is 78.5 Å². The fourth-order valence-corrected chi connectivity index (χ4v) is 2.18. The van der Waals surface area contributed by atoms with Crippen molar-refractivity contribution in [2.75, 3.05) is 6.54 Å². The molecule has 0 radical (unpaired) electrons. The summed E-state index contributed by atoms with van der Waals surface area (Å²) >= 11 is 0. The van der Waals surface area contributed by atoms with Crippen LogP contribution in [0, 0.1) is 12.8 Å². The first kappa shape index (κ1) is 7.34. The van der Waals surface area contributed by atoms with Crippen LogP contribution in [0.2, 0.25) is 0 Å². The standard InChI is InChI=1S/C12H13N/c1-8-3-2-4-9(5-8)10-6-12-11(10)7-13-12/h2-6,11-13H,7H2,1H3. The molecule has 1 heterocycles. The summed E-state index contributed by atoms with van der Waals surface area (Å²) in [5.41, 5.74) is 4.32. The van der Waals surface area contributed by atoms with Crippen LogP contribution < -0.4 is 5.32 Å². The summed E-state index contributed by atoms with van der Waals surface area (Å²) in [6.07, 6.45) is 2.35. The van der Waals surface area contributed by atoms with Crippen molar-refractivity contribution >= 4 is 5.57 Å². The lowest BCUT2D eigenvalue weighted by Crippen LogP contribution is -2.57. The van der Waals surface area contributed by atoms with E-state index in [1.54, 1.807) is 5.57 Å². The molecule has 1 nitrogen and oxygen atoms in total. The lowest BCUT2D eigenvalue weighted by atomic mass is 9.71. The Balaban J connectivity index is 1.97. The summed E-state index contributed by atoms with van der Waals surface area (Å²) in [6.45, 7) is 3.32. The van der Waals surface area contributed by atoms with Gasteiger partial charge >= 0.3 is 0 Å². The first-order valence-corrected chi connectivity index (χ1v) is 4.87. The Morgan fingerprint density at radius 3 is 2.85 bits per heavy atom. The van der Waals surface area contributed by atoms with Gasteiger partial charge in [0.2, 0.25) is 0 Å². The van der Waals surface area contributed by atoms with Gasteiger partial charge in [0, 0.05) is 18.5 Å². The molecule has 66 valence electrons. The van der Waals surface area contributed by atoms with E-state index in [1.807, 2.05) is 0 Å². The van der Waals surface area contributed by atoms with E-state index in [-0.39, 0.29) is 0 Å². The second-order valence-corrected chi connectivity index (χ2v) is 4.03. The molecule has 1 aromatic carbocycles. The third-order valence-electron chi connectivity index (χ3n) is 3.12. The Kier molecular flexibility index (Phi) is 1.39. The van der Waals surface area contributed by atoms with E-state index in [1.165, 1.54) is 17.7 Å². The van der Waals surface area contributed by atoms with Crippen LogP contribution in [-0.2, 0) is 0 Å². The molecular formula is C12H13N. The van der Waals surface area contributed by atoms with E-state index >= 15 is 0 Å². The largest absolute Gasteiger partial charge is 0.309 e. The van der Waals surface area contributed by atoms with Gasteiger partial charge in [-0.25, -0.2) is 0 Å². The normalized spacial score (nSPS) is 29.8. The number of aryl methyl sites for hydroxylation is 1. The van der Waals surface area contributed by atoms with Crippen LogP contribution in [0.1, 0.15) is 11.1 Å². The van der Waals surface area contributed by atoms with Crippen molar-refractivity contribution < 1.29 is 0 Å². The molecule has 1 aliphatic carbocycles. The predicted molar refractivity (Wildman–Crippen MR) is 54.4 cm³/mol. The van der Waals surface area contributed by atoms with Gasteiger partial charge in [-0.2, -0.15) is 0 Å². The van der Waals surface area contributed by atoms with Crippen molar-refractivity contribution in [3.8, 4) is 0 Å². The highest BCUT2D eigenvalue weighted by atomic mass is 15.0. The number of nitrogens with one attached hydrogen (secondary N) is 1. The van der Waals surface area contributed by atoms with Crippen molar-refractivity contribution in [1.82, 2.24) is 5.32 Å². The molecule has 0 amide bonds. The van der Waals surface area contributed by atoms with Crippen molar-refractivity contribution in [1.29, 1.82) is 0 Å². The van der Waals surface area contributed by atoms with E-state index in [0.29, 0.717) is 6.04 Å². The summed E-state index contributed by atoms with van der Waals surface area (Å²) in [5, 5.41) is 3.38. The smallest absolute Gasteiger partial charge is 0.0337 e. The van der Waals surface area contributed by atoms with Crippen LogP contribution >= 0.6 is 0 Å². The van der Waals surface area contributed by atoms with Gasteiger partial charge in [0.15, 0.2) is 0 Å². The molecule has 2 aliphatic rings. The van der Waals surface area contributed by atoms with Crippen LogP contribution in [0.15, 0.2) is 30.3 Å². The Morgan fingerprint density at radius 1 is 1.38 bits per heavy atom. The van der Waals surface area contributed by atoms with E-state index in [9.17, 15) is 0 Å². The maximum atomic E-state index is 3.38. The lowest BCUT2D eigenvalue weighted by Gasteiger charge is -2.46. The molecule has 0 aromatic heterocycles. The molecule has 1 saturated heterocycles. The highest BCUT2D eigenvalue weighted by Crippen LogP contribution is 2.40. The van der Waals surface area contributed by atoms with Crippen LogP contribution in [-0.4, -0.2) is 12.6 Å². The number of benzene rings is 1. The topological polar surface area (TPSA) is 12.0 Å². The molecule has 2 atom stereocenters. The maximum Gasteiger partial charge on any atom is 0.0337 e. The Hall–Kier alpha value is -1.08. The minimum atomic E-state index is 0.690. The van der Waals surface area contributed by atoms with Gasteiger partial charge in [-0.1, -0.05) is 35.9 Å². The zero-order chi connectivity index (χ0) is 8.84. The Morgan fingerprint density at radius 2 is 2.31 bits per heavy atom. The monoisotopic (exact) mass is 171 g/mol. The van der Waals surface area contributed by atoms with E-state index in [4.69, 9.17) is 0 Å². The van der Waals surface area contributed by atoms with Crippen LogP contribution in [0.3, 0.4) is 0 Å². The average Bonchev–Trinajstić information content (AvgIpc) is 2.10. The number of hydrogen-bond donors (Lipinski definition) is 1. The van der Waals surface area contributed by atoms with Gasteiger partial charge in [-0.05, 0) is 18.1 Å². The van der Waals surface area contributed by atoms with Gasteiger partial charge in [0.05, 0.1) is 0 Å². The second-order valence-electron chi connectivity index (χ2n) is 4.03. The molecule has 1 fully saturated rings. The highest BCUT2D eigenvalue weighted by Gasteiger charge is 2.39. The van der Waals surface area contributed by atoms with E-state index in [2.05, 4.69) is 42.6 Å². The quantitative estimate of drug-likeness (QED) is 0.681. The fraction of sp³-hybridized carbons (Fsp3) is 0.333. The van der Waals surface area contributed by atoms with E-state index in [0.717, 1.165) is 5.92 Å². The summed E-state index contributed by atoms with van der Waals surface area (Å²) in [4.78, 5) is 0. The number of fused-ring (bicyclic) bond motifs is 1. The fourth-order valence-electron chi connectivity index (χ4n) is 2.18. The van der Waals surface area contributed by atoms with Gasteiger partial charge in [0.1, 0.15) is 0 Å². The molecule has 0 bridgehead atoms. The molecule has 0 spiro atoms. The zero-order valence-electron chi connectivity index (χ0n) is 7.75. The van der Waals surface area contributed by atoms with Gasteiger partial charge in [-0.3, -0.25) is 0 Å². The van der Waals surface area contributed by atoms with Crippen molar-refractivity contribution in [3.05, 3.63) is 41.5 Å². The van der Waals surface area contributed by atoms with E-state index < -0.39 is 0 Å².